The molecule has 0 atom stereocenters. The van der Waals surface area contributed by atoms with Gasteiger partial charge in [-0.15, -0.1) is 0 Å². The van der Waals surface area contributed by atoms with Gasteiger partial charge in [0.25, 0.3) is 0 Å². The van der Waals surface area contributed by atoms with Gasteiger partial charge in [-0.3, -0.25) is 0 Å². The Balaban J connectivity index is 1.81. The van der Waals surface area contributed by atoms with Gasteiger partial charge in [-0.1, -0.05) is 27.5 Å². The third-order valence-electron chi connectivity index (χ3n) is 3.27. The van der Waals surface area contributed by atoms with Gasteiger partial charge >= 0.3 is 0 Å². The van der Waals surface area contributed by atoms with Gasteiger partial charge < -0.3 is 9.47 Å². The number of ether oxygens (including phenoxy) is 2. The smallest absolute Gasteiger partial charge is 0.138 e. The fraction of sp³-hybridized carbons (Fsp3) is 0.188. The summed E-state index contributed by atoms with van der Waals surface area (Å²) in [5.41, 5.74) is 2.69. The van der Waals surface area contributed by atoms with Crippen molar-refractivity contribution in [1.82, 2.24) is 0 Å². The fourth-order valence-corrected chi connectivity index (χ4v) is 3.08. The van der Waals surface area contributed by atoms with Crippen LogP contribution >= 0.6 is 27.5 Å². The zero-order valence-electron chi connectivity index (χ0n) is 11.0. The second kappa shape index (κ2) is 5.97. The van der Waals surface area contributed by atoms with Crippen LogP contribution in [0.3, 0.4) is 0 Å². The Labute approximate surface area is 136 Å². The van der Waals surface area contributed by atoms with Gasteiger partial charge in [0.2, 0.25) is 0 Å². The van der Waals surface area contributed by atoms with Gasteiger partial charge in [0.15, 0.2) is 0 Å². The minimum Gasteiger partial charge on any atom is -0.493 e. The number of fused-ring (bicyclic) bond motifs is 1. The van der Waals surface area contributed by atoms with Crippen LogP contribution in [0.25, 0.3) is 0 Å². The molecular weight excluding hydrogens is 354 g/mol. The molecule has 0 spiro atoms. The molecule has 0 bridgehead atoms. The van der Waals surface area contributed by atoms with Crippen LogP contribution in [0.5, 0.6) is 11.5 Å². The third-order valence-corrected chi connectivity index (χ3v) is 4.02. The first-order valence-electron chi connectivity index (χ1n) is 6.44. The molecule has 21 heavy (non-hydrogen) atoms. The summed E-state index contributed by atoms with van der Waals surface area (Å²) in [6.45, 7) is 1.07. The minimum atomic E-state index is 0.368. The first kappa shape index (κ1) is 14.2. The predicted octanol–water partition coefficient (Wildman–Crippen LogP) is 4.49. The van der Waals surface area contributed by atoms with Crippen LogP contribution in [-0.2, 0) is 13.0 Å². The van der Waals surface area contributed by atoms with Crippen LogP contribution in [0.2, 0.25) is 5.02 Å². The predicted molar refractivity (Wildman–Crippen MR) is 83.8 cm³/mol. The van der Waals surface area contributed by atoms with Gasteiger partial charge in [-0.25, -0.2) is 0 Å². The van der Waals surface area contributed by atoms with Crippen LogP contribution < -0.4 is 9.47 Å². The van der Waals surface area contributed by atoms with E-state index >= 15 is 0 Å². The standard InChI is InChI=1S/C16H11BrClNO2/c17-13-6-11-3-4-20-16(11)12(7-13)9-21-15-2-1-10(8-19)5-14(15)18/h1-2,5-7H,3-4,9H2. The Kier molecular flexibility index (Phi) is 4.05. The first-order chi connectivity index (χ1) is 10.2. The van der Waals surface area contributed by atoms with E-state index in [4.69, 9.17) is 26.3 Å². The van der Waals surface area contributed by atoms with Gasteiger partial charge in [0, 0.05) is 16.5 Å². The second-order valence-corrected chi connectivity index (χ2v) is 6.02. The number of rotatable bonds is 3. The van der Waals surface area contributed by atoms with Gasteiger partial charge in [-0.2, -0.15) is 5.26 Å². The maximum absolute atomic E-state index is 8.83. The molecule has 0 aromatic heterocycles. The van der Waals surface area contributed by atoms with Crippen molar-refractivity contribution in [1.29, 1.82) is 5.26 Å². The largest absolute Gasteiger partial charge is 0.493 e. The molecule has 0 saturated carbocycles. The van der Waals surface area contributed by atoms with Crippen molar-refractivity contribution in [2.24, 2.45) is 0 Å². The van der Waals surface area contributed by atoms with E-state index in [0.717, 1.165) is 22.2 Å². The molecule has 5 heteroatoms. The molecule has 3 rings (SSSR count). The lowest BCUT2D eigenvalue weighted by molar-refractivity contribution is 0.292. The number of hydrogen-bond donors (Lipinski definition) is 0. The SMILES string of the molecule is N#Cc1ccc(OCc2cc(Br)cc3c2OCC3)c(Cl)c1. The molecule has 1 heterocycles. The molecule has 0 aliphatic carbocycles. The quantitative estimate of drug-likeness (QED) is 0.806. The summed E-state index contributed by atoms with van der Waals surface area (Å²) in [5.74, 6) is 1.46. The molecule has 1 aliphatic rings. The van der Waals surface area contributed by atoms with E-state index in [9.17, 15) is 0 Å². The van der Waals surface area contributed by atoms with Crippen LogP contribution in [-0.4, -0.2) is 6.61 Å². The van der Waals surface area contributed by atoms with E-state index in [1.807, 2.05) is 12.1 Å². The summed E-state index contributed by atoms with van der Waals surface area (Å²) in [6.07, 6.45) is 0.916. The lowest BCUT2D eigenvalue weighted by Crippen LogP contribution is -1.99. The monoisotopic (exact) mass is 363 g/mol. The molecule has 3 nitrogen and oxygen atoms in total. The molecule has 0 fully saturated rings. The van der Waals surface area contributed by atoms with E-state index in [-0.39, 0.29) is 0 Å². The normalized spacial score (nSPS) is 12.4. The Bertz CT molecular complexity index is 740. The molecular formula is C16H11BrClNO2. The number of nitriles is 1. The molecule has 1 aliphatic heterocycles. The zero-order chi connectivity index (χ0) is 14.8. The van der Waals surface area contributed by atoms with E-state index in [1.54, 1.807) is 18.2 Å². The number of halogens is 2. The van der Waals surface area contributed by atoms with Gasteiger partial charge in [-0.05, 0) is 35.9 Å². The second-order valence-electron chi connectivity index (χ2n) is 4.70. The molecule has 0 N–H and O–H groups in total. The summed E-state index contributed by atoms with van der Waals surface area (Å²) in [5, 5.41) is 9.26. The summed E-state index contributed by atoms with van der Waals surface area (Å²) in [7, 11) is 0. The Hall–Kier alpha value is -1.70. The van der Waals surface area contributed by atoms with Crippen molar-refractivity contribution in [3.63, 3.8) is 0 Å². The van der Waals surface area contributed by atoms with Crippen molar-refractivity contribution < 1.29 is 9.47 Å². The fourth-order valence-electron chi connectivity index (χ4n) is 2.30. The highest BCUT2D eigenvalue weighted by Crippen LogP contribution is 2.34. The third kappa shape index (κ3) is 2.99. The summed E-state index contributed by atoms with van der Waals surface area (Å²) in [6, 6.07) is 11.1. The van der Waals surface area contributed by atoms with E-state index in [0.29, 0.717) is 29.5 Å². The summed E-state index contributed by atoms with van der Waals surface area (Å²) >= 11 is 9.61. The maximum Gasteiger partial charge on any atom is 0.138 e. The van der Waals surface area contributed by atoms with Crippen molar-refractivity contribution >= 4 is 27.5 Å². The van der Waals surface area contributed by atoms with Crippen molar-refractivity contribution in [3.05, 3.63) is 56.5 Å². The van der Waals surface area contributed by atoms with Crippen molar-refractivity contribution in [2.75, 3.05) is 6.61 Å². The lowest BCUT2D eigenvalue weighted by Gasteiger charge is -2.12. The average molecular weight is 365 g/mol. The Morgan fingerprint density at radius 1 is 1.33 bits per heavy atom. The zero-order valence-corrected chi connectivity index (χ0v) is 13.4. The molecule has 0 amide bonds. The highest BCUT2D eigenvalue weighted by Gasteiger charge is 2.18. The van der Waals surface area contributed by atoms with Gasteiger partial charge in [0.1, 0.15) is 18.1 Å². The van der Waals surface area contributed by atoms with E-state index < -0.39 is 0 Å². The van der Waals surface area contributed by atoms with Crippen molar-refractivity contribution in [2.45, 2.75) is 13.0 Å². The average Bonchev–Trinajstić information content (AvgIpc) is 2.93. The highest BCUT2D eigenvalue weighted by molar-refractivity contribution is 9.10. The molecule has 106 valence electrons. The van der Waals surface area contributed by atoms with Crippen molar-refractivity contribution in [3.8, 4) is 17.6 Å². The molecule has 0 saturated heterocycles. The highest BCUT2D eigenvalue weighted by atomic mass is 79.9. The maximum atomic E-state index is 8.83. The minimum absolute atomic E-state index is 0.368. The van der Waals surface area contributed by atoms with Crippen LogP contribution in [0.15, 0.2) is 34.8 Å². The molecule has 2 aromatic rings. The molecule has 2 aromatic carbocycles. The van der Waals surface area contributed by atoms with Crippen LogP contribution in [0, 0.1) is 11.3 Å². The van der Waals surface area contributed by atoms with Gasteiger partial charge in [0.05, 0.1) is 23.3 Å². The topological polar surface area (TPSA) is 42.2 Å². The summed E-state index contributed by atoms with van der Waals surface area (Å²) in [4.78, 5) is 0. The first-order valence-corrected chi connectivity index (χ1v) is 7.61. The Morgan fingerprint density at radius 3 is 2.95 bits per heavy atom. The van der Waals surface area contributed by atoms with E-state index in [1.165, 1.54) is 5.56 Å². The number of hydrogen-bond acceptors (Lipinski definition) is 3. The van der Waals surface area contributed by atoms with E-state index in [2.05, 4.69) is 22.0 Å². The van der Waals surface area contributed by atoms with Crippen LogP contribution in [0.4, 0.5) is 0 Å². The molecule has 0 radical (unpaired) electrons. The van der Waals surface area contributed by atoms with Crippen LogP contribution in [0.1, 0.15) is 16.7 Å². The summed E-state index contributed by atoms with van der Waals surface area (Å²) < 4.78 is 12.4. The number of nitrogens with zero attached hydrogens (tertiary/aromatic N) is 1. The molecule has 0 unspecified atom stereocenters. The number of benzene rings is 2. The Morgan fingerprint density at radius 2 is 2.19 bits per heavy atom. The lowest BCUT2D eigenvalue weighted by atomic mass is 10.1.